The van der Waals surface area contributed by atoms with Gasteiger partial charge in [0.1, 0.15) is 11.7 Å². The van der Waals surface area contributed by atoms with Gasteiger partial charge in [-0.2, -0.15) is 9.78 Å². The Balaban J connectivity index is 1.73. The van der Waals surface area contributed by atoms with Crippen LogP contribution in [0.2, 0.25) is 0 Å². The van der Waals surface area contributed by atoms with Crippen LogP contribution < -0.4 is 11.2 Å². The SMILES string of the molecule is Cc1cc(-n2ncc(=O)[nH]c2=O)cc(C)c1Cc1cnc2[nH]cc(C(C)C)c2n1. The summed E-state index contributed by atoms with van der Waals surface area (Å²) in [4.78, 5) is 38.1. The molecule has 0 aliphatic rings. The average Bonchev–Trinajstić information content (AvgIpc) is 3.08. The van der Waals surface area contributed by atoms with Crippen molar-refractivity contribution >= 4 is 11.2 Å². The molecule has 0 aliphatic heterocycles. The summed E-state index contributed by atoms with van der Waals surface area (Å²) < 4.78 is 1.19. The average molecular weight is 390 g/mol. The summed E-state index contributed by atoms with van der Waals surface area (Å²) >= 11 is 0. The van der Waals surface area contributed by atoms with Gasteiger partial charge in [-0.15, -0.1) is 0 Å². The second kappa shape index (κ2) is 7.12. The Labute approximate surface area is 166 Å². The molecule has 0 radical (unpaired) electrons. The van der Waals surface area contributed by atoms with E-state index in [9.17, 15) is 9.59 Å². The highest BCUT2D eigenvalue weighted by molar-refractivity contribution is 5.75. The summed E-state index contributed by atoms with van der Waals surface area (Å²) in [6.07, 6.45) is 5.49. The molecule has 0 saturated heterocycles. The number of H-pyrrole nitrogens is 2. The second-order valence-corrected chi connectivity index (χ2v) is 7.54. The van der Waals surface area contributed by atoms with Gasteiger partial charge in [0.15, 0.2) is 5.65 Å². The van der Waals surface area contributed by atoms with E-state index in [1.165, 1.54) is 4.68 Å². The third kappa shape index (κ3) is 3.49. The molecule has 4 aromatic rings. The molecule has 3 heterocycles. The number of aryl methyl sites for hydroxylation is 2. The maximum absolute atomic E-state index is 12.0. The fourth-order valence-corrected chi connectivity index (χ4v) is 3.56. The maximum atomic E-state index is 12.0. The lowest BCUT2D eigenvalue weighted by Gasteiger charge is -2.13. The van der Waals surface area contributed by atoms with E-state index in [4.69, 9.17) is 4.98 Å². The molecule has 0 saturated carbocycles. The number of nitrogens with zero attached hydrogens (tertiary/aromatic N) is 4. The highest BCUT2D eigenvalue weighted by atomic mass is 16.2. The van der Waals surface area contributed by atoms with E-state index in [-0.39, 0.29) is 0 Å². The van der Waals surface area contributed by atoms with Gasteiger partial charge in [0.05, 0.1) is 17.6 Å². The molecule has 0 fully saturated rings. The Morgan fingerprint density at radius 1 is 1.10 bits per heavy atom. The van der Waals surface area contributed by atoms with Crippen LogP contribution in [0.3, 0.4) is 0 Å². The van der Waals surface area contributed by atoms with Gasteiger partial charge in [0, 0.05) is 18.2 Å². The zero-order chi connectivity index (χ0) is 20.7. The smallest absolute Gasteiger partial charge is 0.345 e. The third-order valence-electron chi connectivity index (χ3n) is 5.08. The minimum Gasteiger partial charge on any atom is -0.345 e. The second-order valence-electron chi connectivity index (χ2n) is 7.54. The first-order valence-corrected chi connectivity index (χ1v) is 9.45. The number of aromatic nitrogens is 6. The largest absolute Gasteiger partial charge is 0.349 e. The lowest BCUT2D eigenvalue weighted by atomic mass is 9.97. The molecule has 148 valence electrons. The predicted molar refractivity (Wildman–Crippen MR) is 111 cm³/mol. The van der Waals surface area contributed by atoms with Gasteiger partial charge in [-0.1, -0.05) is 13.8 Å². The summed E-state index contributed by atoms with van der Waals surface area (Å²) in [7, 11) is 0. The lowest BCUT2D eigenvalue weighted by molar-refractivity contribution is 0.747. The van der Waals surface area contributed by atoms with Crippen molar-refractivity contribution in [2.75, 3.05) is 0 Å². The van der Waals surface area contributed by atoms with Gasteiger partial charge < -0.3 is 4.98 Å². The zero-order valence-corrected chi connectivity index (χ0v) is 16.8. The Kier molecular flexibility index (Phi) is 4.62. The Morgan fingerprint density at radius 3 is 2.48 bits per heavy atom. The number of hydrogen-bond acceptors (Lipinski definition) is 5. The molecule has 1 aromatic carbocycles. The number of fused-ring (bicyclic) bond motifs is 1. The van der Waals surface area contributed by atoms with E-state index in [1.807, 2.05) is 32.2 Å². The number of nitrogens with one attached hydrogen (secondary N) is 2. The molecule has 2 N–H and O–H groups in total. The predicted octanol–water partition coefficient (Wildman–Crippen LogP) is 2.52. The van der Waals surface area contributed by atoms with Gasteiger partial charge in [0.2, 0.25) is 0 Å². The van der Waals surface area contributed by atoms with Crippen LogP contribution in [0.5, 0.6) is 0 Å². The monoisotopic (exact) mass is 390 g/mol. The molecule has 0 atom stereocenters. The summed E-state index contributed by atoms with van der Waals surface area (Å²) in [6, 6.07) is 3.77. The number of hydrogen-bond donors (Lipinski definition) is 2. The van der Waals surface area contributed by atoms with E-state index in [0.29, 0.717) is 18.0 Å². The third-order valence-corrected chi connectivity index (χ3v) is 5.08. The quantitative estimate of drug-likeness (QED) is 0.556. The minimum absolute atomic E-state index is 0.360. The van der Waals surface area contributed by atoms with Crippen molar-refractivity contribution in [3.8, 4) is 5.69 Å². The standard InChI is InChI=1S/C21H22N6O2/c1-11(2)17-9-23-20-19(17)25-14(8-22-20)7-16-12(3)5-15(6-13(16)4)27-21(29)26-18(28)10-24-27/h5-6,8-11H,7H2,1-4H3,(H,22,23)(H,26,28,29). The van der Waals surface area contributed by atoms with Crippen molar-refractivity contribution in [3.05, 3.63) is 79.5 Å². The molecule has 0 bridgehead atoms. The van der Waals surface area contributed by atoms with E-state index in [1.54, 1.807) is 6.20 Å². The number of aromatic amines is 2. The first-order valence-electron chi connectivity index (χ1n) is 9.45. The van der Waals surface area contributed by atoms with E-state index < -0.39 is 11.2 Å². The molecule has 0 amide bonds. The molecular formula is C21H22N6O2. The van der Waals surface area contributed by atoms with Gasteiger partial charge in [-0.25, -0.2) is 14.8 Å². The maximum Gasteiger partial charge on any atom is 0.349 e. The van der Waals surface area contributed by atoms with Crippen LogP contribution in [0.25, 0.3) is 16.9 Å². The fourth-order valence-electron chi connectivity index (χ4n) is 3.56. The van der Waals surface area contributed by atoms with Crippen LogP contribution in [-0.2, 0) is 6.42 Å². The molecular weight excluding hydrogens is 368 g/mol. The minimum atomic E-state index is -0.561. The van der Waals surface area contributed by atoms with Crippen LogP contribution in [0.4, 0.5) is 0 Å². The van der Waals surface area contributed by atoms with Crippen LogP contribution >= 0.6 is 0 Å². The first-order chi connectivity index (χ1) is 13.8. The first kappa shape index (κ1) is 18.8. The van der Waals surface area contributed by atoms with E-state index >= 15 is 0 Å². The Morgan fingerprint density at radius 2 is 1.83 bits per heavy atom. The molecule has 4 rings (SSSR count). The summed E-state index contributed by atoms with van der Waals surface area (Å²) in [6.45, 7) is 8.25. The van der Waals surface area contributed by atoms with E-state index in [0.717, 1.165) is 45.3 Å². The zero-order valence-electron chi connectivity index (χ0n) is 16.8. The lowest BCUT2D eigenvalue weighted by Crippen LogP contribution is -2.30. The van der Waals surface area contributed by atoms with Crippen LogP contribution in [-0.4, -0.2) is 29.7 Å². The van der Waals surface area contributed by atoms with Gasteiger partial charge >= 0.3 is 5.69 Å². The van der Waals surface area contributed by atoms with E-state index in [2.05, 4.69) is 33.9 Å². The summed E-state index contributed by atoms with van der Waals surface area (Å²) in [5.74, 6) is 0.360. The van der Waals surface area contributed by atoms with Crippen LogP contribution in [0.1, 0.15) is 47.7 Å². The van der Waals surface area contributed by atoms with Crippen LogP contribution in [0, 0.1) is 13.8 Å². The molecule has 3 aromatic heterocycles. The number of benzene rings is 1. The normalized spacial score (nSPS) is 11.5. The summed E-state index contributed by atoms with van der Waals surface area (Å²) in [5.41, 5.74) is 6.43. The molecule has 0 unspecified atom stereocenters. The van der Waals surface area contributed by atoms with Crippen molar-refractivity contribution < 1.29 is 0 Å². The Bertz CT molecular complexity index is 1310. The van der Waals surface area contributed by atoms with Crippen molar-refractivity contribution in [3.63, 3.8) is 0 Å². The van der Waals surface area contributed by atoms with Gasteiger partial charge in [-0.3, -0.25) is 9.78 Å². The van der Waals surface area contributed by atoms with Crippen molar-refractivity contribution in [1.82, 2.24) is 29.7 Å². The molecule has 0 spiro atoms. The van der Waals surface area contributed by atoms with Gasteiger partial charge in [-0.05, 0) is 48.6 Å². The number of rotatable bonds is 4. The molecule has 0 aliphatic carbocycles. The highest BCUT2D eigenvalue weighted by Gasteiger charge is 2.13. The van der Waals surface area contributed by atoms with Crippen molar-refractivity contribution in [2.45, 2.75) is 40.0 Å². The molecule has 8 nitrogen and oxygen atoms in total. The van der Waals surface area contributed by atoms with Crippen molar-refractivity contribution in [2.24, 2.45) is 0 Å². The van der Waals surface area contributed by atoms with Crippen LogP contribution in [0.15, 0.2) is 40.3 Å². The molecule has 29 heavy (non-hydrogen) atoms. The fraction of sp³-hybridized carbons (Fsp3) is 0.286. The summed E-state index contributed by atoms with van der Waals surface area (Å²) in [5, 5.41) is 3.93. The topological polar surface area (TPSA) is 109 Å². The van der Waals surface area contributed by atoms with Gasteiger partial charge in [0.25, 0.3) is 5.56 Å². The Hall–Kier alpha value is -3.55. The molecule has 8 heteroatoms. The van der Waals surface area contributed by atoms with Crippen molar-refractivity contribution in [1.29, 1.82) is 0 Å². The highest BCUT2D eigenvalue weighted by Crippen LogP contribution is 2.25.